The molecule has 0 radical (unpaired) electrons. The third-order valence-corrected chi connectivity index (χ3v) is 5.10. The number of anilines is 1. The van der Waals surface area contributed by atoms with Crippen molar-refractivity contribution in [2.24, 2.45) is 0 Å². The zero-order valence-electron chi connectivity index (χ0n) is 14.1. The van der Waals surface area contributed by atoms with Crippen LogP contribution >= 0.6 is 11.3 Å². The number of nitrogens with zero attached hydrogens (tertiary/aromatic N) is 3. The molecule has 0 aliphatic rings. The van der Waals surface area contributed by atoms with Crippen molar-refractivity contribution in [3.63, 3.8) is 0 Å². The summed E-state index contributed by atoms with van der Waals surface area (Å²) in [5.41, 5.74) is 1.68. The lowest BCUT2D eigenvalue weighted by Gasteiger charge is -2.06. The van der Waals surface area contributed by atoms with Gasteiger partial charge in [0.15, 0.2) is 5.82 Å². The van der Waals surface area contributed by atoms with Crippen molar-refractivity contribution in [1.29, 1.82) is 0 Å². The molecule has 26 heavy (non-hydrogen) atoms. The van der Waals surface area contributed by atoms with Crippen LogP contribution in [0.25, 0.3) is 26.8 Å². The summed E-state index contributed by atoms with van der Waals surface area (Å²) >= 11 is 1.56. The number of hydrogen-bond acceptors (Lipinski definition) is 5. The van der Waals surface area contributed by atoms with Crippen LogP contribution in [0.3, 0.4) is 0 Å². The van der Waals surface area contributed by atoms with Crippen molar-refractivity contribution in [2.45, 2.75) is 0 Å². The van der Waals surface area contributed by atoms with E-state index < -0.39 is 0 Å². The number of thiazole rings is 1. The number of benzene rings is 2. The molecule has 0 amide bonds. The van der Waals surface area contributed by atoms with E-state index in [1.165, 1.54) is 4.57 Å². The summed E-state index contributed by atoms with van der Waals surface area (Å²) in [4.78, 5) is 22.3. The van der Waals surface area contributed by atoms with Crippen molar-refractivity contribution in [1.82, 2.24) is 14.5 Å². The highest BCUT2D eigenvalue weighted by atomic mass is 32.1. The number of nitrogens with one attached hydrogen (secondary N) is 1. The van der Waals surface area contributed by atoms with E-state index in [0.717, 1.165) is 21.0 Å². The van der Waals surface area contributed by atoms with Crippen LogP contribution in [0.15, 0.2) is 77.7 Å². The Morgan fingerprint density at radius 1 is 0.885 bits per heavy atom. The molecule has 4 rings (SSSR count). The van der Waals surface area contributed by atoms with Gasteiger partial charge in [-0.05, 0) is 11.6 Å². The molecule has 4 aromatic rings. The van der Waals surface area contributed by atoms with E-state index in [0.29, 0.717) is 11.6 Å². The maximum atomic E-state index is 12.5. The Morgan fingerprint density at radius 2 is 1.54 bits per heavy atom. The van der Waals surface area contributed by atoms with Gasteiger partial charge in [0.05, 0.1) is 4.88 Å². The van der Waals surface area contributed by atoms with Crippen LogP contribution in [0, 0.1) is 0 Å². The molecular formula is C20H16N4OS. The van der Waals surface area contributed by atoms with Crippen LogP contribution in [-0.2, 0) is 0 Å². The summed E-state index contributed by atoms with van der Waals surface area (Å²) < 4.78 is 1.49. The van der Waals surface area contributed by atoms with E-state index in [-0.39, 0.29) is 5.69 Å². The molecule has 2 heterocycles. The van der Waals surface area contributed by atoms with E-state index in [2.05, 4.69) is 10.3 Å². The molecular weight excluding hydrogens is 344 g/mol. The lowest BCUT2D eigenvalue weighted by Crippen LogP contribution is -2.22. The maximum Gasteiger partial charge on any atom is 0.355 e. The molecule has 2 aromatic heterocycles. The molecule has 2 aromatic carbocycles. The minimum absolute atomic E-state index is 0.362. The second kappa shape index (κ2) is 6.93. The summed E-state index contributed by atoms with van der Waals surface area (Å²) in [5, 5.41) is 3.75. The number of aromatic nitrogens is 3. The van der Waals surface area contributed by atoms with Crippen LogP contribution in [-0.4, -0.2) is 21.6 Å². The Kier molecular flexibility index (Phi) is 4.33. The molecule has 0 bridgehead atoms. The minimum atomic E-state index is -0.362. The van der Waals surface area contributed by atoms with Crippen LogP contribution < -0.4 is 11.0 Å². The van der Waals surface area contributed by atoms with Crippen LogP contribution in [0.4, 0.5) is 5.82 Å². The second-order valence-electron chi connectivity index (χ2n) is 5.62. The van der Waals surface area contributed by atoms with Crippen molar-refractivity contribution in [3.05, 3.63) is 83.4 Å². The van der Waals surface area contributed by atoms with Crippen LogP contribution in [0.1, 0.15) is 0 Å². The Hall–Kier alpha value is -3.25. The summed E-state index contributed by atoms with van der Waals surface area (Å²) in [5.74, 6) is 1.13. The first kappa shape index (κ1) is 16.2. The molecule has 5 nitrogen and oxygen atoms in total. The van der Waals surface area contributed by atoms with Crippen molar-refractivity contribution < 1.29 is 0 Å². The second-order valence-corrected chi connectivity index (χ2v) is 6.62. The zero-order valence-corrected chi connectivity index (χ0v) is 14.9. The minimum Gasteiger partial charge on any atom is -0.373 e. The third kappa shape index (κ3) is 3.02. The summed E-state index contributed by atoms with van der Waals surface area (Å²) in [6.45, 7) is 0. The highest BCUT2D eigenvalue weighted by molar-refractivity contribution is 7.18. The summed E-state index contributed by atoms with van der Waals surface area (Å²) in [6, 6.07) is 21.7. The van der Waals surface area contributed by atoms with Gasteiger partial charge in [-0.2, -0.15) is 4.98 Å². The molecule has 6 heteroatoms. The molecule has 0 aliphatic heterocycles. The van der Waals surface area contributed by atoms with Gasteiger partial charge in [-0.25, -0.2) is 9.78 Å². The quantitative estimate of drug-likeness (QED) is 0.596. The summed E-state index contributed by atoms with van der Waals surface area (Å²) in [6.07, 6.45) is 1.71. The number of hydrogen-bond donors (Lipinski definition) is 1. The number of rotatable bonds is 4. The monoisotopic (exact) mass is 360 g/mol. The molecule has 0 atom stereocenters. The molecule has 0 aliphatic carbocycles. The van der Waals surface area contributed by atoms with Gasteiger partial charge in [-0.3, -0.25) is 4.57 Å². The molecule has 0 saturated carbocycles. The van der Waals surface area contributed by atoms with Crippen LogP contribution in [0.2, 0.25) is 0 Å². The average molecular weight is 360 g/mol. The van der Waals surface area contributed by atoms with E-state index in [1.807, 2.05) is 60.7 Å². The fourth-order valence-electron chi connectivity index (χ4n) is 2.66. The fraction of sp³-hybridized carbons (Fsp3) is 0.0500. The van der Waals surface area contributed by atoms with Gasteiger partial charge < -0.3 is 5.32 Å². The van der Waals surface area contributed by atoms with Gasteiger partial charge in [0.25, 0.3) is 0 Å². The highest BCUT2D eigenvalue weighted by Crippen LogP contribution is 2.36. The molecule has 128 valence electrons. The first-order valence-corrected chi connectivity index (χ1v) is 8.97. The third-order valence-electron chi connectivity index (χ3n) is 3.95. The SMILES string of the molecule is CNc1ccn(-c2nc(-c3ccccc3)sc2-c2ccccc2)c(=O)n1. The predicted molar refractivity (Wildman–Crippen MR) is 106 cm³/mol. The Labute approximate surface area is 154 Å². The van der Waals surface area contributed by atoms with Crippen molar-refractivity contribution in [2.75, 3.05) is 12.4 Å². The zero-order chi connectivity index (χ0) is 17.9. The first-order chi connectivity index (χ1) is 12.8. The van der Waals surface area contributed by atoms with E-state index in [9.17, 15) is 4.79 Å². The van der Waals surface area contributed by atoms with Gasteiger partial charge in [0.2, 0.25) is 0 Å². The smallest absolute Gasteiger partial charge is 0.355 e. The molecule has 0 unspecified atom stereocenters. The normalized spacial score (nSPS) is 10.7. The average Bonchev–Trinajstić information content (AvgIpc) is 3.14. The molecule has 0 fully saturated rings. The van der Waals surface area contributed by atoms with Gasteiger partial charge in [0, 0.05) is 18.8 Å². The van der Waals surface area contributed by atoms with Gasteiger partial charge >= 0.3 is 5.69 Å². The first-order valence-electron chi connectivity index (χ1n) is 8.16. The predicted octanol–water partition coefficient (Wildman–Crippen LogP) is 4.06. The molecule has 1 N–H and O–H groups in total. The van der Waals surface area contributed by atoms with Crippen LogP contribution in [0.5, 0.6) is 0 Å². The summed E-state index contributed by atoms with van der Waals surface area (Å²) in [7, 11) is 1.73. The lowest BCUT2D eigenvalue weighted by atomic mass is 10.2. The van der Waals surface area contributed by atoms with Crippen molar-refractivity contribution in [3.8, 4) is 26.8 Å². The van der Waals surface area contributed by atoms with Gasteiger partial charge in [-0.1, -0.05) is 60.7 Å². The van der Waals surface area contributed by atoms with Crippen molar-refractivity contribution >= 4 is 17.2 Å². The maximum absolute atomic E-state index is 12.5. The molecule has 0 saturated heterocycles. The standard InChI is InChI=1S/C20H16N4OS/c1-21-16-12-13-24(20(25)22-16)18-17(14-8-4-2-5-9-14)26-19(23-18)15-10-6-3-7-11-15/h2-13H,1H3,(H,21,22,25). The van der Waals surface area contributed by atoms with Gasteiger partial charge in [-0.15, -0.1) is 11.3 Å². The Morgan fingerprint density at radius 3 is 2.15 bits per heavy atom. The van der Waals surface area contributed by atoms with Gasteiger partial charge in [0.1, 0.15) is 10.8 Å². The Bertz CT molecular complexity index is 1090. The highest BCUT2D eigenvalue weighted by Gasteiger charge is 2.17. The van der Waals surface area contributed by atoms with E-state index >= 15 is 0 Å². The van der Waals surface area contributed by atoms with E-state index in [1.54, 1.807) is 30.6 Å². The lowest BCUT2D eigenvalue weighted by molar-refractivity contribution is 0.894. The fourth-order valence-corrected chi connectivity index (χ4v) is 3.73. The van der Waals surface area contributed by atoms with E-state index in [4.69, 9.17) is 4.98 Å². The Balaban J connectivity index is 1.93. The largest absolute Gasteiger partial charge is 0.373 e. The molecule has 0 spiro atoms. The topological polar surface area (TPSA) is 59.8 Å².